The molecule has 346 valence electrons. The Morgan fingerprint density at radius 2 is 1.67 bits per heavy atom. The molecule has 0 spiro atoms. The summed E-state index contributed by atoms with van der Waals surface area (Å²) in [6.45, 7) is 5.14. The summed E-state index contributed by atoms with van der Waals surface area (Å²) in [5.41, 5.74) is 5.61. The maximum absolute atomic E-state index is 15.7. The number of H-pyrrole nitrogens is 1. The number of nitrogens with one attached hydrogen (secondary N) is 1. The summed E-state index contributed by atoms with van der Waals surface area (Å²) in [4.78, 5) is 62.1. The van der Waals surface area contributed by atoms with E-state index in [1.54, 1.807) is 53.0 Å². The van der Waals surface area contributed by atoms with Gasteiger partial charge in [-0.3, -0.25) is 37.5 Å². The van der Waals surface area contributed by atoms with E-state index in [1.807, 2.05) is 0 Å². The van der Waals surface area contributed by atoms with Crippen LogP contribution in [0, 0.1) is 16.2 Å². The number of ether oxygens (including phenoxy) is 4. The van der Waals surface area contributed by atoms with Gasteiger partial charge in [-0.05, 0) is 59.3 Å². The van der Waals surface area contributed by atoms with Crippen LogP contribution < -0.4 is 17.0 Å². The first-order valence-electron chi connectivity index (χ1n) is 19.8. The maximum Gasteiger partial charge on any atom is 0.478 e. The number of aromatic nitrogens is 8. The van der Waals surface area contributed by atoms with Gasteiger partial charge in [-0.2, -0.15) is 4.98 Å². The van der Waals surface area contributed by atoms with Crippen LogP contribution >= 0.6 is 25.8 Å². The van der Waals surface area contributed by atoms with E-state index >= 15 is 9.13 Å². The van der Waals surface area contributed by atoms with Gasteiger partial charge in [0.25, 0.3) is 12.1 Å². The average molecular weight is 943 g/mol. The summed E-state index contributed by atoms with van der Waals surface area (Å²) in [5.74, 6) is -1.82. The molecule has 2 aliphatic heterocycles. The van der Waals surface area contributed by atoms with E-state index in [4.69, 9.17) is 48.5 Å². The number of aliphatic hydroxyl groups excluding tert-OH is 1. The monoisotopic (exact) mass is 942 g/mol. The summed E-state index contributed by atoms with van der Waals surface area (Å²) in [6.07, 6.45) is -0.494. The normalized spacial score (nSPS) is 31.9. The van der Waals surface area contributed by atoms with Gasteiger partial charge in [-0.25, -0.2) is 29.0 Å². The minimum Gasteiger partial charge on any atom is -0.454 e. The van der Waals surface area contributed by atoms with Crippen LogP contribution in [-0.4, -0.2) is 119 Å². The van der Waals surface area contributed by atoms with Crippen LogP contribution in [0.25, 0.3) is 22.3 Å². The Morgan fingerprint density at radius 3 is 2.37 bits per heavy atom. The van der Waals surface area contributed by atoms with E-state index in [1.165, 1.54) is 30.7 Å². The number of carbonyl (C=O) groups is 2. The van der Waals surface area contributed by atoms with Crippen molar-refractivity contribution in [2.45, 2.75) is 97.0 Å². The minimum atomic E-state index is -4.98. The number of methoxy groups -OCH3 is 1. The van der Waals surface area contributed by atoms with Crippen LogP contribution in [0.4, 0.5) is 11.8 Å². The number of aromatic amines is 1. The molecular weight excluding hydrogens is 890 g/mol. The molecule has 3 fully saturated rings. The lowest BCUT2D eigenvalue weighted by Gasteiger charge is -2.40. The van der Waals surface area contributed by atoms with Gasteiger partial charge in [-0.15, -0.1) is 0 Å². The Balaban J connectivity index is 1.33. The number of anilines is 2. The lowest BCUT2D eigenvalue weighted by atomic mass is 9.89. The van der Waals surface area contributed by atoms with Gasteiger partial charge >= 0.3 is 19.8 Å². The molecule has 0 aromatic carbocycles. The molecular formula is C36H52N10O14P2S. The summed E-state index contributed by atoms with van der Waals surface area (Å²) in [7, 11) is -3.64. The molecule has 24 nitrogen and oxygen atoms in total. The third kappa shape index (κ3) is 9.01. The van der Waals surface area contributed by atoms with Crippen LogP contribution in [0.2, 0.25) is 0 Å². The molecule has 3 unspecified atom stereocenters. The fourth-order valence-electron chi connectivity index (χ4n) is 7.82. The first-order valence-corrected chi connectivity index (χ1v) is 24.5. The number of carbonyl (C=O) groups excluding carboxylic acids is 2. The second-order valence-corrected chi connectivity index (χ2v) is 24.2. The van der Waals surface area contributed by atoms with E-state index in [0.29, 0.717) is 11.4 Å². The number of esters is 2. The van der Waals surface area contributed by atoms with Gasteiger partial charge in [0.2, 0.25) is 12.7 Å². The van der Waals surface area contributed by atoms with Crippen LogP contribution in [-0.2, 0) is 55.8 Å². The smallest absolute Gasteiger partial charge is 0.454 e. The topological polar surface area (TPSA) is 322 Å². The van der Waals surface area contributed by atoms with Crippen molar-refractivity contribution in [2.75, 3.05) is 51.1 Å². The highest BCUT2D eigenvalue weighted by molar-refractivity contribution is 8.56. The lowest BCUT2D eigenvalue weighted by molar-refractivity contribution is -0.162. The number of imidazole rings is 2. The molecule has 1 saturated carbocycles. The van der Waals surface area contributed by atoms with Crippen molar-refractivity contribution in [2.24, 2.45) is 16.2 Å². The molecule has 2 saturated heterocycles. The first-order chi connectivity index (χ1) is 29.4. The summed E-state index contributed by atoms with van der Waals surface area (Å²) >= 11 is 0.711. The number of rotatable bonds is 9. The Morgan fingerprint density at radius 1 is 0.984 bits per heavy atom. The largest absolute Gasteiger partial charge is 0.478 e. The van der Waals surface area contributed by atoms with Gasteiger partial charge in [0.05, 0.1) is 61.1 Å². The standard InChI is InChI=1S/C36H52N10O14P2S/c1-33(2,3)30(49)55-17-59-62(52)58-12-35(7)11-19(45-15-41-20-25(37)39-14-40-26(20)45)22(47)24(35)61(51,63-18-56-31(50)34(4,5)6)57-10-9-36(53-8)13-54-29(23(36)60-62)46-16-42-21-27(46)43-32(38)44-28(21)48/h14-16,19,22-24,29,47H,9-13,17-18H2,1-8H3,(H2,37,39,40)(H3,38,43,44,48)/t19-,22+,23+,24+,29-,35-,36?,61?,62?/m1/s1. The number of phosphoric acid groups is 1. The van der Waals surface area contributed by atoms with Crippen molar-refractivity contribution in [3.63, 3.8) is 0 Å². The molecule has 4 aromatic heterocycles. The SMILES string of the molecule is COC12CCOP(=O)(SCOC(=O)C(C)(C)C)[C@H]3[C@@H](O)[C@H](n4cnc5c(N)ncnc54)C[C@]3(C)COP(=O)(OCOC(=O)C(C)(C)C)O[C@H]1[C@H](n1cnc3c(=O)[nH]c(N)nc31)OC2. The van der Waals surface area contributed by atoms with E-state index in [2.05, 4.69) is 29.9 Å². The Kier molecular flexibility index (Phi) is 12.7. The van der Waals surface area contributed by atoms with Gasteiger partial charge in [0, 0.05) is 18.9 Å². The second-order valence-electron chi connectivity index (χ2n) is 17.9. The number of nitrogens with zero attached hydrogens (tertiary/aromatic N) is 7. The second kappa shape index (κ2) is 17.1. The fourth-order valence-corrected chi connectivity index (χ4v) is 14.5. The molecule has 6 N–H and O–H groups in total. The summed E-state index contributed by atoms with van der Waals surface area (Å²) in [6, 6.07) is -0.906. The number of hydrogen-bond donors (Lipinski definition) is 4. The molecule has 6 heterocycles. The molecule has 4 aromatic rings. The highest BCUT2D eigenvalue weighted by Gasteiger charge is 2.63. The van der Waals surface area contributed by atoms with Crippen molar-refractivity contribution in [1.82, 2.24) is 39.0 Å². The molecule has 0 radical (unpaired) electrons. The Labute approximate surface area is 364 Å². The van der Waals surface area contributed by atoms with E-state index < -0.39 is 103 Å². The molecule has 7 rings (SSSR count). The van der Waals surface area contributed by atoms with Crippen molar-refractivity contribution in [3.8, 4) is 0 Å². The molecule has 3 aliphatic rings. The molecule has 9 atom stereocenters. The van der Waals surface area contributed by atoms with E-state index in [9.17, 15) is 19.5 Å². The third-order valence-corrected chi connectivity index (χ3v) is 17.7. The fraction of sp³-hybridized carbons (Fsp3) is 0.667. The van der Waals surface area contributed by atoms with Crippen LogP contribution in [0.15, 0.2) is 23.8 Å². The summed E-state index contributed by atoms with van der Waals surface area (Å²) in [5, 5.41) is 12.4. The predicted molar refractivity (Wildman–Crippen MR) is 225 cm³/mol. The molecule has 27 heteroatoms. The summed E-state index contributed by atoms with van der Waals surface area (Å²) < 4.78 is 82.0. The minimum absolute atomic E-state index is 0.0112. The van der Waals surface area contributed by atoms with E-state index in [-0.39, 0.29) is 60.1 Å². The van der Waals surface area contributed by atoms with Crippen molar-refractivity contribution in [1.29, 1.82) is 0 Å². The molecule has 1 aliphatic carbocycles. The number of aliphatic hydroxyl groups is 1. The van der Waals surface area contributed by atoms with E-state index in [0.717, 1.165) is 0 Å². The predicted octanol–water partition coefficient (Wildman–Crippen LogP) is 3.69. The quantitative estimate of drug-likeness (QED) is 0.106. The average Bonchev–Trinajstić information content (AvgIpc) is 3.96. The zero-order valence-corrected chi connectivity index (χ0v) is 38.5. The highest BCUT2D eigenvalue weighted by atomic mass is 32.7. The third-order valence-electron chi connectivity index (χ3n) is 11.2. The van der Waals surface area contributed by atoms with Gasteiger partial charge in [-0.1, -0.05) is 6.92 Å². The first kappa shape index (κ1) is 46.9. The van der Waals surface area contributed by atoms with Crippen molar-refractivity contribution >= 4 is 71.8 Å². The van der Waals surface area contributed by atoms with Crippen LogP contribution in [0.5, 0.6) is 0 Å². The van der Waals surface area contributed by atoms with Crippen LogP contribution in [0.3, 0.4) is 0 Å². The maximum atomic E-state index is 15.7. The highest BCUT2D eigenvalue weighted by Crippen LogP contribution is 2.73. The number of fused-ring (bicyclic) bond motifs is 4. The molecule has 0 amide bonds. The number of phosphoric ester groups is 1. The van der Waals surface area contributed by atoms with Crippen LogP contribution in [0.1, 0.15) is 73.6 Å². The lowest BCUT2D eigenvalue weighted by Crippen LogP contribution is -2.47. The number of hydrogen-bond acceptors (Lipinski definition) is 22. The number of nitrogen functional groups attached to an aromatic ring is 2. The Bertz CT molecular complexity index is 2540. The Hall–Kier alpha value is -4.03. The van der Waals surface area contributed by atoms with Gasteiger partial charge in [0.15, 0.2) is 28.9 Å². The molecule has 0 bridgehead atoms. The van der Waals surface area contributed by atoms with Gasteiger partial charge in [0.1, 0.15) is 29.5 Å². The van der Waals surface area contributed by atoms with Gasteiger partial charge < -0.3 is 44.6 Å². The van der Waals surface area contributed by atoms with Crippen molar-refractivity contribution in [3.05, 3.63) is 29.3 Å². The zero-order chi connectivity index (χ0) is 45.9. The zero-order valence-electron chi connectivity index (χ0n) is 35.9. The molecule has 63 heavy (non-hydrogen) atoms. The number of nitrogens with two attached hydrogens (primary N) is 2. The van der Waals surface area contributed by atoms with Crippen molar-refractivity contribution < 1.29 is 60.9 Å².